The summed E-state index contributed by atoms with van der Waals surface area (Å²) in [5, 5.41) is 4.53. The van der Waals surface area contributed by atoms with Crippen LogP contribution in [-0.2, 0) is 13.1 Å². The summed E-state index contributed by atoms with van der Waals surface area (Å²) in [6, 6.07) is 0. The molecule has 2 rings (SSSR count). The Balaban J connectivity index is 1.98. The van der Waals surface area contributed by atoms with E-state index in [1.54, 1.807) is 11.3 Å². The van der Waals surface area contributed by atoms with Gasteiger partial charge < -0.3 is 9.88 Å². The highest BCUT2D eigenvalue weighted by Crippen LogP contribution is 2.13. The second-order valence-electron chi connectivity index (χ2n) is 4.05. The molecule has 2 aromatic rings. The molecule has 0 aliphatic heterocycles. The number of imidazole rings is 1. The lowest BCUT2D eigenvalue weighted by Gasteiger charge is -2.06. The van der Waals surface area contributed by atoms with Crippen molar-refractivity contribution in [2.45, 2.75) is 33.4 Å². The molecule has 0 amide bonds. The Morgan fingerprint density at radius 3 is 3.00 bits per heavy atom. The van der Waals surface area contributed by atoms with Crippen molar-refractivity contribution in [3.63, 3.8) is 0 Å². The van der Waals surface area contributed by atoms with E-state index in [4.69, 9.17) is 0 Å². The first-order valence-electron chi connectivity index (χ1n) is 5.90. The average Bonchev–Trinajstić information content (AvgIpc) is 2.90. The van der Waals surface area contributed by atoms with Gasteiger partial charge >= 0.3 is 0 Å². The van der Waals surface area contributed by atoms with E-state index in [-0.39, 0.29) is 0 Å². The van der Waals surface area contributed by atoms with Gasteiger partial charge in [0.1, 0.15) is 5.01 Å². The Morgan fingerprint density at radius 2 is 2.29 bits per heavy atom. The largest absolute Gasteiger partial charge is 0.326 e. The topological polar surface area (TPSA) is 42.7 Å². The van der Waals surface area contributed by atoms with Crippen molar-refractivity contribution < 1.29 is 0 Å². The van der Waals surface area contributed by atoms with E-state index in [0.717, 1.165) is 31.1 Å². The van der Waals surface area contributed by atoms with Crippen LogP contribution < -0.4 is 5.32 Å². The molecule has 0 aliphatic carbocycles. The second-order valence-corrected chi connectivity index (χ2v) is 5.37. The molecule has 1 N–H and O–H groups in total. The molecular weight excluding hydrogens is 232 g/mol. The molecule has 0 bridgehead atoms. The molecular formula is C12H18N4S. The molecule has 0 atom stereocenters. The van der Waals surface area contributed by atoms with Crippen LogP contribution in [0.25, 0.3) is 0 Å². The third-order valence-corrected chi connectivity index (χ3v) is 3.40. The monoisotopic (exact) mass is 250 g/mol. The fourth-order valence-electron chi connectivity index (χ4n) is 1.65. The summed E-state index contributed by atoms with van der Waals surface area (Å²) in [7, 11) is 0. The van der Waals surface area contributed by atoms with Gasteiger partial charge in [-0.2, -0.15) is 0 Å². The average molecular weight is 250 g/mol. The van der Waals surface area contributed by atoms with Gasteiger partial charge in [0, 0.05) is 23.8 Å². The number of aromatic nitrogens is 3. The first kappa shape index (κ1) is 12.3. The summed E-state index contributed by atoms with van der Waals surface area (Å²) < 4.78 is 2.15. The molecule has 4 nitrogen and oxygen atoms in total. The summed E-state index contributed by atoms with van der Waals surface area (Å²) in [5.74, 6) is 0. The van der Waals surface area contributed by atoms with Crippen molar-refractivity contribution in [2.75, 3.05) is 6.54 Å². The quantitative estimate of drug-likeness (QED) is 0.799. The maximum absolute atomic E-state index is 4.38. The van der Waals surface area contributed by atoms with Crippen molar-refractivity contribution in [1.29, 1.82) is 0 Å². The molecule has 92 valence electrons. The number of aryl methyl sites for hydroxylation is 1. The van der Waals surface area contributed by atoms with Gasteiger partial charge in [-0.1, -0.05) is 6.92 Å². The van der Waals surface area contributed by atoms with Crippen LogP contribution >= 0.6 is 11.3 Å². The van der Waals surface area contributed by atoms with Gasteiger partial charge in [-0.3, -0.25) is 0 Å². The fourth-order valence-corrected chi connectivity index (χ4v) is 2.44. The third-order valence-electron chi connectivity index (χ3n) is 2.51. The van der Waals surface area contributed by atoms with Gasteiger partial charge in [0.05, 0.1) is 18.6 Å². The molecule has 2 heterocycles. The van der Waals surface area contributed by atoms with Crippen molar-refractivity contribution in [3.8, 4) is 0 Å². The number of nitrogens with zero attached hydrogens (tertiary/aromatic N) is 3. The van der Waals surface area contributed by atoms with E-state index >= 15 is 0 Å². The lowest BCUT2D eigenvalue weighted by molar-refractivity contribution is 0.629. The number of thiazole rings is 1. The zero-order valence-corrected chi connectivity index (χ0v) is 11.1. The Morgan fingerprint density at radius 1 is 1.41 bits per heavy atom. The number of rotatable bonds is 6. The van der Waals surface area contributed by atoms with E-state index in [1.807, 2.05) is 18.7 Å². The smallest absolute Gasteiger partial charge is 0.113 e. The van der Waals surface area contributed by atoms with Crippen molar-refractivity contribution in [1.82, 2.24) is 19.9 Å². The predicted octanol–water partition coefficient (Wildman–Crippen LogP) is 2.20. The Hall–Kier alpha value is -1.20. The van der Waals surface area contributed by atoms with Crippen LogP contribution in [-0.4, -0.2) is 21.1 Å². The summed E-state index contributed by atoms with van der Waals surface area (Å²) in [6.45, 7) is 6.99. The third kappa shape index (κ3) is 3.38. The molecule has 0 aliphatic rings. The molecule has 5 heteroatoms. The van der Waals surface area contributed by atoms with E-state index in [9.17, 15) is 0 Å². The molecule has 0 saturated heterocycles. The van der Waals surface area contributed by atoms with Gasteiger partial charge in [-0.15, -0.1) is 11.3 Å². The van der Waals surface area contributed by atoms with E-state index < -0.39 is 0 Å². The predicted molar refractivity (Wildman–Crippen MR) is 70.2 cm³/mol. The van der Waals surface area contributed by atoms with Crippen molar-refractivity contribution >= 4 is 11.3 Å². The van der Waals surface area contributed by atoms with Crippen LogP contribution in [0.2, 0.25) is 0 Å². The van der Waals surface area contributed by atoms with Gasteiger partial charge in [0.2, 0.25) is 0 Å². The van der Waals surface area contributed by atoms with Crippen molar-refractivity contribution in [3.05, 3.63) is 34.3 Å². The van der Waals surface area contributed by atoms with Crippen molar-refractivity contribution in [2.24, 2.45) is 0 Å². The Kier molecular flexibility index (Phi) is 4.28. The number of nitrogens with one attached hydrogen (secondary N) is 1. The Labute approximate surface area is 106 Å². The SMILES string of the molecule is CCCNCc1cncn1Cc1ncc(C)s1. The minimum Gasteiger partial charge on any atom is -0.326 e. The highest BCUT2D eigenvalue weighted by molar-refractivity contribution is 7.11. The first-order valence-corrected chi connectivity index (χ1v) is 6.72. The molecule has 17 heavy (non-hydrogen) atoms. The van der Waals surface area contributed by atoms with Crippen LogP contribution in [0.4, 0.5) is 0 Å². The van der Waals surface area contributed by atoms with E-state index in [2.05, 4.69) is 33.7 Å². The van der Waals surface area contributed by atoms with Crippen LogP contribution in [0.1, 0.15) is 28.9 Å². The Bertz CT molecular complexity index is 461. The standard InChI is InChI=1S/C12H18N4S/c1-3-4-13-6-11-7-14-9-16(11)8-12-15-5-10(2)17-12/h5,7,9,13H,3-4,6,8H2,1-2H3. The molecule has 0 spiro atoms. The molecule has 2 aromatic heterocycles. The zero-order chi connectivity index (χ0) is 12.1. The van der Waals surface area contributed by atoms with Crippen LogP contribution in [0.3, 0.4) is 0 Å². The van der Waals surface area contributed by atoms with Gasteiger partial charge in [0.15, 0.2) is 0 Å². The minimum atomic E-state index is 0.821. The minimum absolute atomic E-state index is 0.821. The molecule has 0 aromatic carbocycles. The maximum Gasteiger partial charge on any atom is 0.113 e. The van der Waals surface area contributed by atoms with E-state index in [0.29, 0.717) is 0 Å². The molecule has 0 fully saturated rings. The first-order chi connectivity index (χ1) is 8.29. The number of hydrogen-bond donors (Lipinski definition) is 1. The molecule has 0 radical (unpaired) electrons. The summed E-state index contributed by atoms with van der Waals surface area (Å²) in [5.41, 5.74) is 1.21. The number of hydrogen-bond acceptors (Lipinski definition) is 4. The lowest BCUT2D eigenvalue weighted by Crippen LogP contribution is -2.16. The highest BCUT2D eigenvalue weighted by Gasteiger charge is 2.04. The highest BCUT2D eigenvalue weighted by atomic mass is 32.1. The fraction of sp³-hybridized carbons (Fsp3) is 0.500. The summed E-state index contributed by atoms with van der Waals surface area (Å²) in [4.78, 5) is 9.84. The van der Waals surface area contributed by atoms with E-state index in [1.165, 1.54) is 10.6 Å². The zero-order valence-electron chi connectivity index (χ0n) is 10.3. The normalized spacial score (nSPS) is 10.9. The molecule has 0 saturated carbocycles. The van der Waals surface area contributed by atoms with Crippen LogP contribution in [0.5, 0.6) is 0 Å². The lowest BCUT2D eigenvalue weighted by atomic mass is 10.4. The summed E-state index contributed by atoms with van der Waals surface area (Å²) >= 11 is 1.74. The van der Waals surface area contributed by atoms with Gasteiger partial charge in [-0.05, 0) is 19.9 Å². The summed E-state index contributed by atoms with van der Waals surface area (Å²) in [6.07, 6.45) is 6.87. The van der Waals surface area contributed by atoms with Gasteiger partial charge in [0.25, 0.3) is 0 Å². The maximum atomic E-state index is 4.38. The van der Waals surface area contributed by atoms with Gasteiger partial charge in [-0.25, -0.2) is 9.97 Å². The van der Waals surface area contributed by atoms with Crippen LogP contribution in [0.15, 0.2) is 18.7 Å². The second kappa shape index (κ2) is 5.93. The molecule has 0 unspecified atom stereocenters. The van der Waals surface area contributed by atoms with Crippen LogP contribution in [0, 0.1) is 6.92 Å².